The molecule has 24 heavy (non-hydrogen) atoms. The molecule has 0 spiro atoms. The van der Waals surface area contributed by atoms with Gasteiger partial charge in [-0.05, 0) is 48.8 Å². The van der Waals surface area contributed by atoms with Gasteiger partial charge in [-0.25, -0.2) is 4.79 Å². The third-order valence-corrected chi connectivity index (χ3v) is 5.94. The lowest BCUT2D eigenvalue weighted by Crippen LogP contribution is -2.26. The molecule has 1 heterocycles. The molecule has 1 aromatic rings. The van der Waals surface area contributed by atoms with Crippen LogP contribution >= 0.6 is 0 Å². The summed E-state index contributed by atoms with van der Waals surface area (Å²) < 4.78 is 11.9. The van der Waals surface area contributed by atoms with Crippen LogP contribution in [0.1, 0.15) is 43.7 Å². The maximum Gasteiger partial charge on any atom is 0.317 e. The first-order chi connectivity index (χ1) is 11.6. The predicted molar refractivity (Wildman–Crippen MR) is 91.4 cm³/mol. The number of likely N-dealkylation sites (N-methyl/N-ethyl adjacent to an activating group) is 1. The quantitative estimate of drug-likeness (QED) is 0.921. The Morgan fingerprint density at radius 2 is 1.88 bits per heavy atom. The van der Waals surface area contributed by atoms with Crippen molar-refractivity contribution >= 4 is 6.03 Å². The number of nitrogens with zero attached hydrogens (tertiary/aromatic N) is 1. The monoisotopic (exact) mass is 330 g/mol. The number of urea groups is 1. The SMILES string of the molecule is COc1ccc(C2CNC(=O)N2C)cc1OC1C[C@H]2CC[C@@H](C1)C2. The van der Waals surface area contributed by atoms with Gasteiger partial charge in [0.25, 0.3) is 0 Å². The molecule has 0 aromatic heterocycles. The molecule has 5 heteroatoms. The lowest BCUT2D eigenvalue weighted by atomic mass is 9.87. The zero-order chi connectivity index (χ0) is 16.7. The zero-order valence-corrected chi connectivity index (χ0v) is 14.5. The van der Waals surface area contributed by atoms with Crippen LogP contribution in [0.25, 0.3) is 0 Å². The molecule has 3 aliphatic rings. The summed E-state index contributed by atoms with van der Waals surface area (Å²) in [7, 11) is 3.51. The van der Waals surface area contributed by atoms with Crippen LogP contribution in [0.2, 0.25) is 0 Å². The van der Waals surface area contributed by atoms with Crippen LogP contribution in [-0.4, -0.2) is 37.7 Å². The van der Waals surface area contributed by atoms with Gasteiger partial charge in [-0.1, -0.05) is 18.9 Å². The molecule has 5 nitrogen and oxygen atoms in total. The number of hydrogen-bond acceptors (Lipinski definition) is 3. The fourth-order valence-electron chi connectivity index (χ4n) is 4.64. The predicted octanol–water partition coefficient (Wildman–Crippen LogP) is 3.35. The maximum atomic E-state index is 11.7. The van der Waals surface area contributed by atoms with Crippen molar-refractivity contribution in [3.63, 3.8) is 0 Å². The first-order valence-corrected chi connectivity index (χ1v) is 8.99. The van der Waals surface area contributed by atoms with Gasteiger partial charge in [0.1, 0.15) is 0 Å². The second-order valence-corrected chi connectivity index (χ2v) is 7.48. The van der Waals surface area contributed by atoms with Crippen molar-refractivity contribution in [3.05, 3.63) is 23.8 Å². The lowest BCUT2D eigenvalue weighted by molar-refractivity contribution is 0.115. The molecule has 3 fully saturated rings. The number of amides is 2. The van der Waals surface area contributed by atoms with Crippen LogP contribution in [0.15, 0.2) is 18.2 Å². The van der Waals surface area contributed by atoms with E-state index in [-0.39, 0.29) is 12.1 Å². The molecule has 4 rings (SSSR count). The van der Waals surface area contributed by atoms with Crippen LogP contribution in [0.3, 0.4) is 0 Å². The van der Waals surface area contributed by atoms with Crippen LogP contribution in [-0.2, 0) is 0 Å². The van der Waals surface area contributed by atoms with E-state index in [1.165, 1.54) is 19.3 Å². The van der Waals surface area contributed by atoms with E-state index in [0.29, 0.717) is 12.6 Å². The second kappa shape index (κ2) is 6.19. The van der Waals surface area contributed by atoms with E-state index < -0.39 is 0 Å². The van der Waals surface area contributed by atoms with Crippen molar-refractivity contribution in [2.45, 2.75) is 44.2 Å². The van der Waals surface area contributed by atoms with Gasteiger partial charge >= 0.3 is 6.03 Å². The number of carbonyl (C=O) groups is 1. The van der Waals surface area contributed by atoms with E-state index in [9.17, 15) is 4.79 Å². The van der Waals surface area contributed by atoms with E-state index in [1.54, 1.807) is 12.0 Å². The number of rotatable bonds is 4. The van der Waals surface area contributed by atoms with Crippen LogP contribution < -0.4 is 14.8 Å². The van der Waals surface area contributed by atoms with Crippen molar-refractivity contribution in [3.8, 4) is 11.5 Å². The number of nitrogens with one attached hydrogen (secondary N) is 1. The second-order valence-electron chi connectivity index (χ2n) is 7.48. The van der Waals surface area contributed by atoms with Crippen molar-refractivity contribution in [1.82, 2.24) is 10.2 Å². The summed E-state index contributed by atoms with van der Waals surface area (Å²) in [5, 5.41) is 2.88. The topological polar surface area (TPSA) is 50.8 Å². The smallest absolute Gasteiger partial charge is 0.317 e. The Kier molecular flexibility index (Phi) is 4.02. The molecule has 1 aliphatic heterocycles. The standard InChI is InChI=1S/C19H26N2O3/c1-21-16(11-20-19(21)22)14-5-6-17(23-2)18(10-14)24-15-8-12-3-4-13(7-12)9-15/h5-6,10,12-13,15-16H,3-4,7-9,11H2,1-2H3,(H,20,22)/t12-,13+,15?,16?. The van der Waals surface area contributed by atoms with Gasteiger partial charge in [0.15, 0.2) is 11.5 Å². The minimum Gasteiger partial charge on any atom is -0.493 e. The van der Waals surface area contributed by atoms with Crippen LogP contribution in [0.5, 0.6) is 11.5 Å². The molecular weight excluding hydrogens is 304 g/mol. The van der Waals surface area contributed by atoms with E-state index in [2.05, 4.69) is 11.4 Å². The van der Waals surface area contributed by atoms with E-state index in [4.69, 9.17) is 9.47 Å². The van der Waals surface area contributed by atoms with E-state index >= 15 is 0 Å². The highest BCUT2D eigenvalue weighted by atomic mass is 16.5. The molecule has 0 radical (unpaired) electrons. The van der Waals surface area contributed by atoms with Crippen molar-refractivity contribution in [2.75, 3.05) is 20.7 Å². The molecule has 130 valence electrons. The molecule has 2 aliphatic carbocycles. The lowest BCUT2D eigenvalue weighted by Gasteiger charge is -2.29. The normalized spacial score (nSPS) is 31.9. The van der Waals surface area contributed by atoms with Crippen molar-refractivity contribution in [2.24, 2.45) is 11.8 Å². The molecule has 1 N–H and O–H groups in total. The molecule has 1 aromatic carbocycles. The van der Waals surface area contributed by atoms with Crippen LogP contribution in [0, 0.1) is 11.8 Å². The minimum atomic E-state index is -0.0258. The molecule has 2 unspecified atom stereocenters. The van der Waals surface area contributed by atoms with E-state index in [1.807, 2.05) is 19.2 Å². The number of benzene rings is 1. The van der Waals surface area contributed by atoms with Crippen LogP contribution in [0.4, 0.5) is 4.79 Å². The van der Waals surface area contributed by atoms with Crippen molar-refractivity contribution < 1.29 is 14.3 Å². The van der Waals surface area contributed by atoms with Gasteiger partial charge in [0, 0.05) is 13.6 Å². The Morgan fingerprint density at radius 3 is 2.50 bits per heavy atom. The Hall–Kier alpha value is -1.91. The largest absolute Gasteiger partial charge is 0.493 e. The Bertz CT molecular complexity index is 621. The molecular formula is C19H26N2O3. The number of carbonyl (C=O) groups excluding carboxylic acids is 1. The maximum absolute atomic E-state index is 11.7. The fraction of sp³-hybridized carbons (Fsp3) is 0.632. The molecule has 1 saturated heterocycles. The molecule has 2 saturated carbocycles. The highest BCUT2D eigenvalue weighted by Crippen LogP contribution is 2.44. The van der Waals surface area contributed by atoms with Gasteiger partial charge in [0.2, 0.25) is 0 Å². The summed E-state index contributed by atoms with van der Waals surface area (Å²) in [5.74, 6) is 3.27. The average Bonchev–Trinajstić information content (AvgIpc) is 3.10. The van der Waals surface area contributed by atoms with Gasteiger partial charge in [-0.2, -0.15) is 0 Å². The zero-order valence-electron chi connectivity index (χ0n) is 14.5. The fourth-order valence-corrected chi connectivity index (χ4v) is 4.64. The Balaban J connectivity index is 1.55. The molecule has 2 bridgehead atoms. The number of methoxy groups -OCH3 is 1. The summed E-state index contributed by atoms with van der Waals surface area (Å²) in [6.07, 6.45) is 6.73. The summed E-state index contributed by atoms with van der Waals surface area (Å²) in [6, 6.07) is 6.06. The highest BCUT2D eigenvalue weighted by molar-refractivity contribution is 5.77. The Morgan fingerprint density at radius 1 is 1.12 bits per heavy atom. The summed E-state index contributed by atoms with van der Waals surface area (Å²) in [6.45, 7) is 0.634. The number of hydrogen-bond donors (Lipinski definition) is 1. The first kappa shape index (κ1) is 15.6. The summed E-state index contributed by atoms with van der Waals surface area (Å²) in [5.41, 5.74) is 1.09. The van der Waals surface area contributed by atoms with Gasteiger partial charge in [0.05, 0.1) is 19.3 Å². The first-order valence-electron chi connectivity index (χ1n) is 8.99. The van der Waals surface area contributed by atoms with Gasteiger partial charge in [-0.3, -0.25) is 0 Å². The third kappa shape index (κ3) is 2.80. The van der Waals surface area contributed by atoms with Crippen molar-refractivity contribution in [1.29, 1.82) is 0 Å². The van der Waals surface area contributed by atoms with E-state index in [0.717, 1.165) is 41.7 Å². The number of ether oxygens (including phenoxy) is 2. The molecule has 2 amide bonds. The van der Waals surface area contributed by atoms with Gasteiger partial charge in [-0.15, -0.1) is 0 Å². The van der Waals surface area contributed by atoms with Gasteiger partial charge < -0.3 is 19.7 Å². The molecule has 4 atom stereocenters. The minimum absolute atomic E-state index is 0.0258. The third-order valence-electron chi connectivity index (χ3n) is 5.94. The summed E-state index contributed by atoms with van der Waals surface area (Å²) in [4.78, 5) is 13.5. The summed E-state index contributed by atoms with van der Waals surface area (Å²) >= 11 is 0. The Labute approximate surface area is 143 Å². The number of fused-ring (bicyclic) bond motifs is 2. The highest BCUT2D eigenvalue weighted by Gasteiger charge is 2.35. The average molecular weight is 330 g/mol.